The summed E-state index contributed by atoms with van der Waals surface area (Å²) in [7, 11) is 2.89. The van der Waals surface area contributed by atoms with Crippen LogP contribution in [0.3, 0.4) is 0 Å². The molecule has 4 heteroatoms. The predicted molar refractivity (Wildman–Crippen MR) is 57.9 cm³/mol. The highest BCUT2D eigenvalue weighted by molar-refractivity contribution is 5.76. The fourth-order valence-electron chi connectivity index (χ4n) is 1.42. The van der Waals surface area contributed by atoms with Crippen LogP contribution in [0.2, 0.25) is 0 Å². The number of hydrogen-bond acceptors (Lipinski definition) is 4. The molecule has 0 aliphatic heterocycles. The van der Waals surface area contributed by atoms with E-state index >= 15 is 0 Å². The number of esters is 1. The van der Waals surface area contributed by atoms with Crippen LogP contribution in [0.15, 0.2) is 12.1 Å². The summed E-state index contributed by atoms with van der Waals surface area (Å²) in [5.41, 5.74) is 8.02. The molecule has 0 spiro atoms. The second-order valence-corrected chi connectivity index (χ2v) is 3.24. The van der Waals surface area contributed by atoms with Gasteiger partial charge in [-0.2, -0.15) is 0 Å². The lowest BCUT2D eigenvalue weighted by Crippen LogP contribution is -2.08. The van der Waals surface area contributed by atoms with Gasteiger partial charge in [-0.1, -0.05) is 6.07 Å². The molecule has 2 N–H and O–H groups in total. The van der Waals surface area contributed by atoms with E-state index in [0.29, 0.717) is 11.4 Å². The first-order valence-corrected chi connectivity index (χ1v) is 4.59. The molecule has 0 saturated heterocycles. The molecule has 0 amide bonds. The van der Waals surface area contributed by atoms with Gasteiger partial charge < -0.3 is 15.2 Å². The van der Waals surface area contributed by atoms with Gasteiger partial charge in [0.2, 0.25) is 0 Å². The van der Waals surface area contributed by atoms with Gasteiger partial charge in [0.05, 0.1) is 26.3 Å². The molecule has 0 fully saturated rings. The summed E-state index contributed by atoms with van der Waals surface area (Å²) in [6.07, 6.45) is 0.177. The first kappa shape index (κ1) is 11.4. The maximum Gasteiger partial charge on any atom is 0.310 e. The summed E-state index contributed by atoms with van der Waals surface area (Å²) in [5, 5.41) is 0. The third-order valence-electron chi connectivity index (χ3n) is 2.28. The summed E-state index contributed by atoms with van der Waals surface area (Å²) < 4.78 is 9.78. The van der Waals surface area contributed by atoms with Crippen LogP contribution < -0.4 is 10.5 Å². The van der Waals surface area contributed by atoms with Crippen molar-refractivity contribution in [2.24, 2.45) is 0 Å². The van der Waals surface area contributed by atoms with Crippen molar-refractivity contribution in [1.82, 2.24) is 0 Å². The molecule has 0 aromatic heterocycles. The molecule has 15 heavy (non-hydrogen) atoms. The number of rotatable bonds is 3. The van der Waals surface area contributed by atoms with Crippen LogP contribution in [0.25, 0.3) is 0 Å². The predicted octanol–water partition coefficient (Wildman–Crippen LogP) is 1.30. The largest absolute Gasteiger partial charge is 0.494 e. The highest BCUT2D eigenvalue weighted by Gasteiger charge is 2.13. The second-order valence-electron chi connectivity index (χ2n) is 3.24. The van der Waals surface area contributed by atoms with Gasteiger partial charge in [0, 0.05) is 5.56 Å². The lowest BCUT2D eigenvalue weighted by atomic mass is 10.0. The Labute approximate surface area is 89.0 Å². The molecule has 0 heterocycles. The summed E-state index contributed by atoms with van der Waals surface area (Å²) in [6, 6.07) is 3.62. The van der Waals surface area contributed by atoms with Crippen molar-refractivity contribution >= 4 is 11.7 Å². The molecular weight excluding hydrogens is 194 g/mol. The van der Waals surface area contributed by atoms with Crippen molar-refractivity contribution in [3.05, 3.63) is 23.3 Å². The third kappa shape index (κ3) is 2.40. The van der Waals surface area contributed by atoms with E-state index in [1.54, 1.807) is 6.07 Å². The fraction of sp³-hybridized carbons (Fsp3) is 0.364. The van der Waals surface area contributed by atoms with Gasteiger partial charge >= 0.3 is 5.97 Å². The van der Waals surface area contributed by atoms with Crippen LogP contribution in [-0.4, -0.2) is 20.2 Å². The van der Waals surface area contributed by atoms with Gasteiger partial charge in [-0.05, 0) is 18.6 Å². The number of nitrogen functional groups attached to an aromatic ring is 1. The van der Waals surface area contributed by atoms with E-state index in [1.807, 2.05) is 13.0 Å². The monoisotopic (exact) mass is 209 g/mol. The normalized spacial score (nSPS) is 9.80. The van der Waals surface area contributed by atoms with Crippen molar-refractivity contribution in [1.29, 1.82) is 0 Å². The Morgan fingerprint density at radius 2 is 2.07 bits per heavy atom. The minimum atomic E-state index is -0.304. The smallest absolute Gasteiger partial charge is 0.310 e. The molecule has 0 saturated carbocycles. The average molecular weight is 209 g/mol. The van der Waals surface area contributed by atoms with E-state index in [1.165, 1.54) is 14.2 Å². The Morgan fingerprint density at radius 1 is 1.40 bits per heavy atom. The molecule has 0 aliphatic rings. The second kappa shape index (κ2) is 4.68. The number of hydrogen-bond donors (Lipinski definition) is 1. The highest BCUT2D eigenvalue weighted by atomic mass is 16.5. The molecule has 0 unspecified atom stereocenters. The number of benzene rings is 1. The Kier molecular flexibility index (Phi) is 3.55. The zero-order valence-corrected chi connectivity index (χ0v) is 9.16. The van der Waals surface area contributed by atoms with E-state index in [-0.39, 0.29) is 12.4 Å². The number of carbonyl (C=O) groups excluding carboxylic acids is 1. The lowest BCUT2D eigenvalue weighted by molar-refractivity contribution is -0.139. The maximum atomic E-state index is 11.2. The van der Waals surface area contributed by atoms with Crippen LogP contribution in [0.4, 0.5) is 5.69 Å². The minimum Gasteiger partial charge on any atom is -0.494 e. The molecule has 82 valence electrons. The van der Waals surface area contributed by atoms with E-state index in [0.717, 1.165) is 11.1 Å². The number of aryl methyl sites for hydroxylation is 1. The van der Waals surface area contributed by atoms with Gasteiger partial charge in [0.15, 0.2) is 0 Å². The topological polar surface area (TPSA) is 61.5 Å². The highest BCUT2D eigenvalue weighted by Crippen LogP contribution is 2.29. The Hall–Kier alpha value is -1.71. The minimum absolute atomic E-state index is 0.177. The standard InChI is InChI=1S/C11H15NO3/c1-7-4-5-9(12)11(15-3)8(7)6-10(13)14-2/h4-5H,6,12H2,1-3H3. The molecule has 4 nitrogen and oxygen atoms in total. The molecule has 1 rings (SSSR count). The molecule has 1 aromatic rings. The van der Waals surface area contributed by atoms with Gasteiger partial charge in [-0.3, -0.25) is 4.79 Å². The zero-order chi connectivity index (χ0) is 11.4. The van der Waals surface area contributed by atoms with Crippen LogP contribution in [0.1, 0.15) is 11.1 Å². The number of carbonyl (C=O) groups is 1. The molecule has 0 aliphatic carbocycles. The lowest BCUT2D eigenvalue weighted by Gasteiger charge is -2.12. The van der Waals surface area contributed by atoms with E-state index in [4.69, 9.17) is 10.5 Å². The first-order valence-electron chi connectivity index (χ1n) is 4.59. The number of anilines is 1. The van der Waals surface area contributed by atoms with Crippen LogP contribution in [0, 0.1) is 6.92 Å². The number of nitrogens with two attached hydrogens (primary N) is 1. The maximum absolute atomic E-state index is 11.2. The van der Waals surface area contributed by atoms with E-state index in [2.05, 4.69) is 4.74 Å². The number of ether oxygens (including phenoxy) is 2. The zero-order valence-electron chi connectivity index (χ0n) is 9.16. The quantitative estimate of drug-likeness (QED) is 0.602. The summed E-state index contributed by atoms with van der Waals surface area (Å²) in [5.74, 6) is 0.252. The van der Waals surface area contributed by atoms with Crippen molar-refractivity contribution in [2.75, 3.05) is 20.0 Å². The molecular formula is C11H15NO3. The molecule has 1 aromatic carbocycles. The molecule has 0 atom stereocenters. The van der Waals surface area contributed by atoms with Crippen LogP contribution in [0.5, 0.6) is 5.75 Å². The summed E-state index contributed by atoms with van der Waals surface area (Å²) >= 11 is 0. The van der Waals surface area contributed by atoms with Gasteiger partial charge in [0.1, 0.15) is 5.75 Å². The Bertz CT molecular complexity index is 374. The summed E-state index contributed by atoms with van der Waals surface area (Å²) in [6.45, 7) is 1.90. The first-order chi connectivity index (χ1) is 7.10. The van der Waals surface area contributed by atoms with E-state index in [9.17, 15) is 4.79 Å². The van der Waals surface area contributed by atoms with Gasteiger partial charge in [-0.25, -0.2) is 0 Å². The molecule has 0 bridgehead atoms. The van der Waals surface area contributed by atoms with Gasteiger partial charge in [0.25, 0.3) is 0 Å². The Morgan fingerprint density at radius 3 is 2.60 bits per heavy atom. The summed E-state index contributed by atoms with van der Waals surface area (Å²) in [4.78, 5) is 11.2. The SMILES string of the molecule is COC(=O)Cc1c(C)ccc(N)c1OC. The molecule has 0 radical (unpaired) electrons. The fourth-order valence-corrected chi connectivity index (χ4v) is 1.42. The van der Waals surface area contributed by atoms with Crippen LogP contribution >= 0.6 is 0 Å². The van der Waals surface area contributed by atoms with Crippen molar-refractivity contribution < 1.29 is 14.3 Å². The van der Waals surface area contributed by atoms with Crippen molar-refractivity contribution in [3.8, 4) is 5.75 Å². The average Bonchev–Trinajstić information content (AvgIpc) is 2.23. The van der Waals surface area contributed by atoms with Gasteiger partial charge in [-0.15, -0.1) is 0 Å². The van der Waals surface area contributed by atoms with Crippen molar-refractivity contribution in [3.63, 3.8) is 0 Å². The number of methoxy groups -OCH3 is 2. The van der Waals surface area contributed by atoms with Crippen LogP contribution in [-0.2, 0) is 16.0 Å². The van der Waals surface area contributed by atoms with Crippen molar-refractivity contribution in [2.45, 2.75) is 13.3 Å². The third-order valence-corrected chi connectivity index (χ3v) is 2.28. The van der Waals surface area contributed by atoms with E-state index < -0.39 is 0 Å². The Balaban J connectivity index is 3.13.